The molecule has 1 N–H and O–H groups in total. The number of carbonyl (C=O) groups is 1. The highest BCUT2D eigenvalue weighted by molar-refractivity contribution is 7.99. The Bertz CT molecular complexity index is 469. The van der Waals surface area contributed by atoms with E-state index in [0.29, 0.717) is 0 Å². The zero-order valence-corrected chi connectivity index (χ0v) is 13.3. The van der Waals surface area contributed by atoms with Crippen LogP contribution in [-0.2, 0) is 16.1 Å². The van der Waals surface area contributed by atoms with Crippen molar-refractivity contribution in [2.75, 3.05) is 12.9 Å². The number of hydrogen-bond donors (Lipinski definition) is 1. The first-order valence-corrected chi connectivity index (χ1v) is 8.03. The minimum atomic E-state index is -0.457. The maximum absolute atomic E-state index is 11.7. The molecule has 0 saturated heterocycles. The lowest BCUT2D eigenvalue weighted by Gasteiger charge is -2.20. The van der Waals surface area contributed by atoms with Crippen molar-refractivity contribution >= 4 is 17.7 Å². The summed E-state index contributed by atoms with van der Waals surface area (Å²) < 4.78 is 4.84. The van der Waals surface area contributed by atoms with Crippen LogP contribution in [0.3, 0.4) is 0 Å². The maximum Gasteiger partial charge on any atom is 0.312 e. The number of ether oxygens (including phenoxy) is 1. The molecule has 0 aliphatic heterocycles. The van der Waals surface area contributed by atoms with Gasteiger partial charge in [0.2, 0.25) is 0 Å². The summed E-state index contributed by atoms with van der Waals surface area (Å²) in [7, 11) is 1.44. The van der Waals surface area contributed by atoms with Crippen molar-refractivity contribution in [2.24, 2.45) is 5.41 Å². The third-order valence-electron chi connectivity index (χ3n) is 3.41. The molecule has 0 unspecified atom stereocenters. The van der Waals surface area contributed by atoms with Crippen LogP contribution in [0.4, 0.5) is 0 Å². The highest BCUT2D eigenvalue weighted by atomic mass is 32.2. The Balaban J connectivity index is 1.88. The Morgan fingerprint density at radius 2 is 2.20 bits per heavy atom. The fourth-order valence-electron chi connectivity index (χ4n) is 1.89. The van der Waals surface area contributed by atoms with Gasteiger partial charge in [-0.2, -0.15) is 0 Å². The topological polar surface area (TPSA) is 38.3 Å². The summed E-state index contributed by atoms with van der Waals surface area (Å²) in [6, 6.07) is 9.25. The van der Waals surface area contributed by atoms with Gasteiger partial charge in [-0.15, -0.1) is 11.8 Å². The molecule has 1 aromatic carbocycles. The highest BCUT2D eigenvalue weighted by Gasteiger charge is 2.28. The van der Waals surface area contributed by atoms with E-state index in [4.69, 9.17) is 4.74 Å². The second-order valence-corrected chi connectivity index (χ2v) is 7.02. The summed E-state index contributed by atoms with van der Waals surface area (Å²) in [4.78, 5) is 12.9. The van der Waals surface area contributed by atoms with Crippen molar-refractivity contribution in [1.82, 2.24) is 5.32 Å². The monoisotopic (exact) mass is 293 g/mol. The molecule has 0 heterocycles. The van der Waals surface area contributed by atoms with E-state index in [2.05, 4.69) is 29.6 Å². The lowest BCUT2D eigenvalue weighted by molar-refractivity contribution is -0.149. The van der Waals surface area contributed by atoms with Gasteiger partial charge in [0.05, 0.1) is 12.5 Å². The van der Waals surface area contributed by atoms with Crippen LogP contribution in [0.1, 0.15) is 32.3 Å². The third kappa shape index (κ3) is 4.53. The molecule has 0 atom stereocenters. The van der Waals surface area contributed by atoms with Gasteiger partial charge in [-0.3, -0.25) is 4.79 Å². The zero-order valence-electron chi connectivity index (χ0n) is 12.4. The molecule has 0 aromatic heterocycles. The van der Waals surface area contributed by atoms with E-state index >= 15 is 0 Å². The number of esters is 1. The molecule has 1 fully saturated rings. The van der Waals surface area contributed by atoms with Gasteiger partial charge in [-0.25, -0.2) is 0 Å². The summed E-state index contributed by atoms with van der Waals surface area (Å²) in [5.41, 5.74) is 0.847. The second-order valence-electron chi connectivity index (χ2n) is 5.97. The van der Waals surface area contributed by atoms with Crippen LogP contribution in [-0.4, -0.2) is 24.9 Å². The molecule has 1 saturated carbocycles. The Labute approximate surface area is 125 Å². The molecular formula is C16H23NO2S. The predicted octanol–water partition coefficient (Wildman–Crippen LogP) is 3.23. The van der Waals surface area contributed by atoms with E-state index in [-0.39, 0.29) is 5.97 Å². The molecule has 0 radical (unpaired) electrons. The molecule has 1 aliphatic rings. The number of thioether (sulfide) groups is 1. The van der Waals surface area contributed by atoms with E-state index in [9.17, 15) is 4.79 Å². The van der Waals surface area contributed by atoms with E-state index in [1.54, 1.807) is 11.8 Å². The van der Waals surface area contributed by atoms with E-state index in [0.717, 1.165) is 18.3 Å². The van der Waals surface area contributed by atoms with Crippen molar-refractivity contribution in [3.05, 3.63) is 29.8 Å². The minimum Gasteiger partial charge on any atom is -0.469 e. The van der Waals surface area contributed by atoms with Crippen molar-refractivity contribution in [2.45, 2.75) is 44.2 Å². The average molecular weight is 293 g/mol. The average Bonchev–Trinajstić information content (AvgIpc) is 3.27. The Morgan fingerprint density at radius 3 is 2.85 bits per heavy atom. The van der Waals surface area contributed by atoms with Crippen molar-refractivity contribution in [3.8, 4) is 0 Å². The van der Waals surface area contributed by atoms with Gasteiger partial charge >= 0.3 is 5.97 Å². The highest BCUT2D eigenvalue weighted by Crippen LogP contribution is 2.29. The summed E-state index contributed by atoms with van der Waals surface area (Å²) in [6.45, 7) is 4.77. The fraction of sp³-hybridized carbons (Fsp3) is 0.562. The van der Waals surface area contributed by atoms with Gasteiger partial charge in [0.25, 0.3) is 0 Å². The lowest BCUT2D eigenvalue weighted by Crippen LogP contribution is -2.28. The largest absolute Gasteiger partial charge is 0.469 e. The smallest absolute Gasteiger partial charge is 0.312 e. The summed E-state index contributed by atoms with van der Waals surface area (Å²) in [5, 5.41) is 3.52. The van der Waals surface area contributed by atoms with Crippen LogP contribution >= 0.6 is 11.8 Å². The first kappa shape index (κ1) is 15.4. The fourth-order valence-corrected chi connectivity index (χ4v) is 2.95. The number of carbonyl (C=O) groups excluding carboxylic acids is 1. The van der Waals surface area contributed by atoms with E-state index in [1.165, 1.54) is 30.4 Å². The van der Waals surface area contributed by atoms with E-state index < -0.39 is 5.41 Å². The molecular weight excluding hydrogens is 270 g/mol. The van der Waals surface area contributed by atoms with Gasteiger partial charge in [0.1, 0.15) is 0 Å². The number of rotatable bonds is 7. The normalized spacial score (nSPS) is 15.2. The molecule has 110 valence electrons. The zero-order chi connectivity index (χ0) is 14.6. The lowest BCUT2D eigenvalue weighted by atomic mass is 9.97. The number of methoxy groups -OCH3 is 1. The van der Waals surface area contributed by atoms with Crippen LogP contribution in [0, 0.1) is 5.41 Å². The first-order chi connectivity index (χ1) is 9.51. The van der Waals surface area contributed by atoms with Gasteiger partial charge in [0, 0.05) is 23.2 Å². The Kier molecular flexibility index (Phi) is 5.11. The quantitative estimate of drug-likeness (QED) is 0.619. The molecule has 4 heteroatoms. The number of hydrogen-bond acceptors (Lipinski definition) is 4. The van der Waals surface area contributed by atoms with Crippen LogP contribution < -0.4 is 5.32 Å². The Hall–Kier alpha value is -1.00. The van der Waals surface area contributed by atoms with E-state index in [1.807, 2.05) is 13.8 Å². The Morgan fingerprint density at radius 1 is 1.45 bits per heavy atom. The van der Waals surface area contributed by atoms with Crippen molar-refractivity contribution in [3.63, 3.8) is 0 Å². The molecule has 0 spiro atoms. The van der Waals surface area contributed by atoms with Crippen LogP contribution in [0.25, 0.3) is 0 Å². The number of benzene rings is 1. The van der Waals surface area contributed by atoms with Gasteiger partial charge in [-0.1, -0.05) is 12.1 Å². The summed E-state index contributed by atoms with van der Waals surface area (Å²) in [5.74, 6) is 0.565. The van der Waals surface area contributed by atoms with Crippen molar-refractivity contribution < 1.29 is 9.53 Å². The number of nitrogens with one attached hydrogen (secondary N) is 1. The molecule has 20 heavy (non-hydrogen) atoms. The van der Waals surface area contributed by atoms with Crippen molar-refractivity contribution in [1.29, 1.82) is 0 Å². The standard InChI is InChI=1S/C16H23NO2S/c1-16(2,15(18)19-3)11-20-14-6-4-5-12(9-14)10-17-13-7-8-13/h4-6,9,13,17H,7-8,10-11H2,1-3H3. The second kappa shape index (κ2) is 6.64. The third-order valence-corrected chi connectivity index (χ3v) is 4.86. The summed E-state index contributed by atoms with van der Waals surface area (Å²) >= 11 is 1.71. The molecule has 2 rings (SSSR count). The maximum atomic E-state index is 11.7. The molecule has 1 aliphatic carbocycles. The minimum absolute atomic E-state index is 0.156. The molecule has 0 bridgehead atoms. The van der Waals surface area contributed by atoms with Gasteiger partial charge < -0.3 is 10.1 Å². The van der Waals surface area contributed by atoms with Gasteiger partial charge in [0.15, 0.2) is 0 Å². The SMILES string of the molecule is COC(=O)C(C)(C)CSc1cccc(CNC2CC2)c1. The van der Waals surface area contributed by atoms with Gasteiger partial charge in [-0.05, 0) is 44.4 Å². The molecule has 3 nitrogen and oxygen atoms in total. The molecule has 0 amide bonds. The summed E-state index contributed by atoms with van der Waals surface area (Å²) in [6.07, 6.45) is 2.61. The van der Waals surface area contributed by atoms with Crippen LogP contribution in [0.2, 0.25) is 0 Å². The predicted molar refractivity (Wildman–Crippen MR) is 82.8 cm³/mol. The van der Waals surface area contributed by atoms with Crippen LogP contribution in [0.5, 0.6) is 0 Å². The van der Waals surface area contributed by atoms with Crippen LogP contribution in [0.15, 0.2) is 29.2 Å². The first-order valence-electron chi connectivity index (χ1n) is 7.05. The molecule has 1 aromatic rings.